The minimum atomic E-state index is -0.469. The van der Waals surface area contributed by atoms with Crippen molar-refractivity contribution in [3.8, 4) is 0 Å². The smallest absolute Gasteiger partial charge is 0.0937 e. The number of hydrogen-bond donors (Lipinski definition) is 1. The summed E-state index contributed by atoms with van der Waals surface area (Å²) < 4.78 is 5.40. The third-order valence-corrected chi connectivity index (χ3v) is 9.72. The molecule has 1 N–H and O–H groups in total. The van der Waals surface area contributed by atoms with Crippen LogP contribution in [0.25, 0.3) is 0 Å². The van der Waals surface area contributed by atoms with Crippen LogP contribution < -0.4 is 0 Å². The quantitative estimate of drug-likeness (QED) is 0.688. The van der Waals surface area contributed by atoms with Crippen LogP contribution in [0.1, 0.15) is 89.5 Å². The second-order valence-corrected chi connectivity index (χ2v) is 10.3. The van der Waals surface area contributed by atoms with Gasteiger partial charge in [0.2, 0.25) is 0 Å². The maximum absolute atomic E-state index is 12.1. The van der Waals surface area contributed by atoms with E-state index in [0.717, 1.165) is 24.7 Å². The molecule has 1 aromatic heterocycles. The van der Waals surface area contributed by atoms with Crippen LogP contribution in [0.15, 0.2) is 23.0 Å². The fraction of sp³-hybridized carbons (Fsp3) is 0.826. The molecule has 2 nitrogen and oxygen atoms in total. The summed E-state index contributed by atoms with van der Waals surface area (Å²) in [6, 6.07) is 2.13. The van der Waals surface area contributed by atoms with E-state index in [2.05, 4.69) is 19.9 Å². The monoisotopic (exact) mass is 342 g/mol. The van der Waals surface area contributed by atoms with Gasteiger partial charge in [-0.25, -0.2) is 0 Å². The molecule has 0 radical (unpaired) electrons. The molecule has 138 valence electrons. The molecule has 0 aliphatic heterocycles. The Labute approximate surface area is 152 Å². The largest absolute Gasteiger partial charge is 0.472 e. The molecule has 4 aliphatic rings. The van der Waals surface area contributed by atoms with Gasteiger partial charge in [0.25, 0.3) is 0 Å². The lowest BCUT2D eigenvalue weighted by Crippen LogP contribution is -2.61. The predicted molar refractivity (Wildman–Crippen MR) is 99.3 cm³/mol. The zero-order valence-electron chi connectivity index (χ0n) is 16.0. The summed E-state index contributed by atoms with van der Waals surface area (Å²) in [6.07, 6.45) is 16.6. The first-order chi connectivity index (χ1) is 12.0. The molecule has 0 spiro atoms. The van der Waals surface area contributed by atoms with E-state index in [4.69, 9.17) is 4.42 Å². The lowest BCUT2D eigenvalue weighted by atomic mass is 9.43. The SMILES string of the molecule is C[C@]12CCCC[C@@H]1CC[C@@H]1[C@@H]2CC[C@]2(C)[C@@H](c3ccoc3)CC[C@]12O. The normalized spacial score (nSPS) is 52.3. The van der Waals surface area contributed by atoms with Gasteiger partial charge in [-0.3, -0.25) is 0 Å². The molecule has 0 saturated heterocycles. The van der Waals surface area contributed by atoms with Gasteiger partial charge in [-0.15, -0.1) is 0 Å². The fourth-order valence-electron chi connectivity index (χ4n) is 8.27. The van der Waals surface area contributed by atoms with E-state index in [-0.39, 0.29) is 5.41 Å². The molecular formula is C23H34O2. The van der Waals surface area contributed by atoms with Crippen molar-refractivity contribution in [1.29, 1.82) is 0 Å². The lowest BCUT2D eigenvalue weighted by molar-refractivity contribution is -0.200. The highest BCUT2D eigenvalue weighted by Gasteiger charge is 2.67. The highest BCUT2D eigenvalue weighted by atomic mass is 16.3. The third-order valence-electron chi connectivity index (χ3n) is 9.72. The zero-order valence-corrected chi connectivity index (χ0v) is 16.0. The van der Waals surface area contributed by atoms with Gasteiger partial charge in [0.05, 0.1) is 18.1 Å². The molecule has 7 atom stereocenters. The van der Waals surface area contributed by atoms with Gasteiger partial charge in [0, 0.05) is 5.41 Å². The Balaban J connectivity index is 1.51. The summed E-state index contributed by atoms with van der Waals surface area (Å²) in [5.74, 6) is 2.64. The van der Waals surface area contributed by atoms with Gasteiger partial charge in [0.1, 0.15) is 0 Å². The van der Waals surface area contributed by atoms with Gasteiger partial charge in [-0.2, -0.15) is 0 Å². The molecule has 1 heterocycles. The molecule has 2 heteroatoms. The van der Waals surface area contributed by atoms with Crippen LogP contribution in [0, 0.1) is 28.6 Å². The minimum Gasteiger partial charge on any atom is -0.472 e. The summed E-state index contributed by atoms with van der Waals surface area (Å²) in [6.45, 7) is 4.98. The Morgan fingerprint density at radius 2 is 1.84 bits per heavy atom. The summed E-state index contributed by atoms with van der Waals surface area (Å²) in [5, 5.41) is 12.1. The van der Waals surface area contributed by atoms with Gasteiger partial charge < -0.3 is 9.52 Å². The maximum Gasteiger partial charge on any atom is 0.0937 e. The third kappa shape index (κ3) is 2.01. The fourth-order valence-corrected chi connectivity index (χ4v) is 8.27. The summed E-state index contributed by atoms with van der Waals surface area (Å²) in [7, 11) is 0. The molecule has 0 aromatic carbocycles. The Kier molecular flexibility index (Phi) is 3.53. The molecule has 25 heavy (non-hydrogen) atoms. The van der Waals surface area contributed by atoms with E-state index in [1.807, 2.05) is 6.26 Å². The van der Waals surface area contributed by atoms with Gasteiger partial charge in [-0.1, -0.05) is 26.7 Å². The average molecular weight is 343 g/mol. The molecular weight excluding hydrogens is 308 g/mol. The van der Waals surface area contributed by atoms with Crippen LogP contribution in [0.5, 0.6) is 0 Å². The van der Waals surface area contributed by atoms with Crippen molar-refractivity contribution >= 4 is 0 Å². The topological polar surface area (TPSA) is 33.4 Å². The van der Waals surface area contributed by atoms with Crippen molar-refractivity contribution in [2.24, 2.45) is 28.6 Å². The van der Waals surface area contributed by atoms with E-state index >= 15 is 0 Å². The number of hydrogen-bond acceptors (Lipinski definition) is 2. The lowest BCUT2D eigenvalue weighted by Gasteiger charge is -2.63. The van der Waals surface area contributed by atoms with Crippen LogP contribution in [0.2, 0.25) is 0 Å². The van der Waals surface area contributed by atoms with E-state index in [1.165, 1.54) is 56.9 Å². The van der Waals surface area contributed by atoms with Gasteiger partial charge in [0.15, 0.2) is 0 Å². The molecule has 4 saturated carbocycles. The first-order valence-corrected chi connectivity index (χ1v) is 10.7. The first-order valence-electron chi connectivity index (χ1n) is 10.7. The van der Waals surface area contributed by atoms with E-state index in [1.54, 1.807) is 6.26 Å². The predicted octanol–water partition coefficient (Wildman–Crippen LogP) is 5.91. The molecule has 4 fully saturated rings. The van der Waals surface area contributed by atoms with E-state index in [9.17, 15) is 5.11 Å². The summed E-state index contributed by atoms with van der Waals surface area (Å²) >= 11 is 0. The highest BCUT2D eigenvalue weighted by Crippen LogP contribution is 2.70. The number of aliphatic hydroxyl groups is 1. The van der Waals surface area contributed by atoms with Crippen LogP contribution in [-0.4, -0.2) is 10.7 Å². The molecule has 4 aliphatic carbocycles. The standard InChI is InChI=1S/C23H34O2/c1-21-11-4-3-5-17(21)6-7-20-19(21)8-12-22(2)18(9-13-23(20,22)24)16-10-14-25-15-16/h10,14-15,17-20,24H,3-9,11-13H2,1-2H3/t17-,18-,19+,20-,21+,22-,23+/m1/s1. The van der Waals surface area contributed by atoms with Crippen molar-refractivity contribution in [1.82, 2.24) is 0 Å². The molecule has 0 unspecified atom stereocenters. The van der Waals surface area contributed by atoms with Crippen LogP contribution in [-0.2, 0) is 0 Å². The minimum absolute atomic E-state index is 0.0237. The van der Waals surface area contributed by atoms with E-state index < -0.39 is 5.60 Å². The van der Waals surface area contributed by atoms with Crippen LogP contribution >= 0.6 is 0 Å². The van der Waals surface area contributed by atoms with Gasteiger partial charge >= 0.3 is 0 Å². The molecule has 0 bridgehead atoms. The van der Waals surface area contributed by atoms with E-state index in [0.29, 0.717) is 17.3 Å². The van der Waals surface area contributed by atoms with Crippen molar-refractivity contribution in [3.63, 3.8) is 0 Å². The zero-order chi connectivity index (χ0) is 17.3. The van der Waals surface area contributed by atoms with Crippen LogP contribution in [0.4, 0.5) is 0 Å². The summed E-state index contributed by atoms with van der Waals surface area (Å²) in [4.78, 5) is 0. The van der Waals surface area contributed by atoms with Gasteiger partial charge in [-0.05, 0) is 92.1 Å². The number of fused-ring (bicyclic) bond motifs is 5. The second kappa shape index (κ2) is 5.38. The number of furan rings is 1. The average Bonchev–Trinajstić information content (AvgIpc) is 3.20. The molecule has 0 amide bonds. The van der Waals surface area contributed by atoms with Crippen molar-refractivity contribution in [3.05, 3.63) is 24.2 Å². The van der Waals surface area contributed by atoms with Crippen LogP contribution in [0.3, 0.4) is 0 Å². The Hall–Kier alpha value is -0.760. The Morgan fingerprint density at radius 1 is 0.960 bits per heavy atom. The molecule has 5 rings (SSSR count). The Morgan fingerprint density at radius 3 is 2.64 bits per heavy atom. The number of rotatable bonds is 1. The van der Waals surface area contributed by atoms with Crippen molar-refractivity contribution in [2.75, 3.05) is 0 Å². The van der Waals surface area contributed by atoms with Crippen molar-refractivity contribution < 1.29 is 9.52 Å². The highest BCUT2D eigenvalue weighted by molar-refractivity contribution is 5.26. The second-order valence-electron chi connectivity index (χ2n) is 10.3. The maximum atomic E-state index is 12.1. The summed E-state index contributed by atoms with van der Waals surface area (Å²) in [5.41, 5.74) is 1.36. The molecule has 1 aromatic rings. The van der Waals surface area contributed by atoms with Crippen molar-refractivity contribution in [2.45, 2.75) is 89.6 Å². The Bertz CT molecular complexity index is 637. The first kappa shape index (κ1) is 16.4.